The Kier molecular flexibility index (Phi) is 3.08. The quantitative estimate of drug-likeness (QED) is 0.574. The molecule has 8 heteroatoms. The molecule has 0 amide bonds. The first-order valence-electron chi connectivity index (χ1n) is 3.69. The third-order valence-corrected chi connectivity index (χ3v) is 2.84. The van der Waals surface area contributed by atoms with Crippen molar-refractivity contribution in [2.75, 3.05) is 6.54 Å². The van der Waals surface area contributed by atoms with Crippen LogP contribution in [-0.2, 0) is 10.0 Å². The zero-order chi connectivity index (χ0) is 11.5. The van der Waals surface area contributed by atoms with E-state index in [4.69, 9.17) is 11.5 Å². The molecule has 0 bridgehead atoms. The lowest BCUT2D eigenvalue weighted by Crippen LogP contribution is -2.25. The van der Waals surface area contributed by atoms with Crippen molar-refractivity contribution in [1.29, 1.82) is 0 Å². The van der Waals surface area contributed by atoms with Gasteiger partial charge in [-0.15, -0.1) is 6.42 Å². The third kappa shape index (κ3) is 2.34. The summed E-state index contributed by atoms with van der Waals surface area (Å²) in [5.41, 5.74) is -0.431. The van der Waals surface area contributed by atoms with Crippen LogP contribution < -0.4 is 4.72 Å². The van der Waals surface area contributed by atoms with E-state index in [0.717, 1.165) is 6.20 Å². The van der Waals surface area contributed by atoms with Crippen molar-refractivity contribution in [3.8, 4) is 12.3 Å². The minimum Gasteiger partial charge on any atom is -0.478 e. The number of rotatable bonds is 4. The zero-order valence-corrected chi connectivity index (χ0v) is 8.21. The van der Waals surface area contributed by atoms with Crippen molar-refractivity contribution in [2.45, 2.75) is 5.03 Å². The first-order valence-corrected chi connectivity index (χ1v) is 5.17. The van der Waals surface area contributed by atoms with Crippen molar-refractivity contribution >= 4 is 16.0 Å². The van der Waals surface area contributed by atoms with Crippen LogP contribution in [-0.4, -0.2) is 36.2 Å². The van der Waals surface area contributed by atoms with Crippen molar-refractivity contribution in [3.05, 3.63) is 11.8 Å². The molecular formula is C7H7N3O4S. The molecule has 0 spiro atoms. The summed E-state index contributed by atoms with van der Waals surface area (Å²) >= 11 is 0. The molecule has 1 rings (SSSR count). The van der Waals surface area contributed by atoms with Gasteiger partial charge in [-0.05, 0) is 0 Å². The molecule has 0 aliphatic heterocycles. The highest BCUT2D eigenvalue weighted by molar-refractivity contribution is 7.89. The molecule has 0 unspecified atom stereocenters. The molecule has 1 heterocycles. The van der Waals surface area contributed by atoms with E-state index in [1.807, 2.05) is 4.72 Å². The Labute approximate surface area is 85.6 Å². The highest BCUT2D eigenvalue weighted by Gasteiger charge is 2.23. The molecule has 0 atom stereocenters. The van der Waals surface area contributed by atoms with Crippen molar-refractivity contribution in [1.82, 2.24) is 14.9 Å². The topological polar surface area (TPSA) is 112 Å². The number of sulfonamides is 1. The van der Waals surface area contributed by atoms with E-state index >= 15 is 0 Å². The van der Waals surface area contributed by atoms with Crippen LogP contribution in [0.2, 0.25) is 0 Å². The minimum absolute atomic E-state index is 0.222. The Morgan fingerprint density at radius 1 is 1.73 bits per heavy atom. The number of terminal acetylenes is 1. The number of nitrogens with one attached hydrogen (secondary N) is 2. The fraction of sp³-hybridized carbons (Fsp3) is 0.143. The Morgan fingerprint density at radius 2 is 2.40 bits per heavy atom. The number of aromatic nitrogens is 2. The number of aromatic carboxylic acids is 1. The molecule has 0 radical (unpaired) electrons. The SMILES string of the molecule is C#CCNS(=O)(=O)c1[nH]ncc1C(=O)O. The van der Waals surface area contributed by atoms with Crippen LogP contribution in [0.1, 0.15) is 10.4 Å². The molecule has 0 aliphatic rings. The number of carbonyl (C=O) groups is 1. The van der Waals surface area contributed by atoms with Crippen molar-refractivity contribution < 1.29 is 18.3 Å². The van der Waals surface area contributed by atoms with Gasteiger partial charge < -0.3 is 5.11 Å². The van der Waals surface area contributed by atoms with E-state index in [9.17, 15) is 13.2 Å². The Hall–Kier alpha value is -1.85. The summed E-state index contributed by atoms with van der Waals surface area (Å²) in [5.74, 6) is 0.678. The first kappa shape index (κ1) is 11.2. The average molecular weight is 229 g/mol. The number of carboxylic acids is 1. The summed E-state index contributed by atoms with van der Waals surface area (Å²) < 4.78 is 24.9. The second kappa shape index (κ2) is 4.12. The monoisotopic (exact) mass is 229 g/mol. The number of hydrogen-bond acceptors (Lipinski definition) is 4. The number of hydrogen-bond donors (Lipinski definition) is 3. The standard InChI is InChI=1S/C7H7N3O4S/c1-2-3-9-15(13,14)6-5(7(11)12)4-8-10-6/h1,4,9H,3H2,(H,8,10)(H,11,12). The number of carboxylic acid groups (broad SMARTS) is 1. The van der Waals surface area contributed by atoms with Gasteiger partial charge in [-0.2, -0.15) is 9.82 Å². The van der Waals surface area contributed by atoms with Gasteiger partial charge >= 0.3 is 5.97 Å². The lowest BCUT2D eigenvalue weighted by molar-refractivity contribution is 0.0692. The maximum Gasteiger partial charge on any atom is 0.340 e. The van der Waals surface area contributed by atoms with Gasteiger partial charge in [-0.3, -0.25) is 5.10 Å². The molecule has 0 saturated carbocycles. The highest BCUT2D eigenvalue weighted by atomic mass is 32.2. The largest absolute Gasteiger partial charge is 0.478 e. The van der Waals surface area contributed by atoms with Gasteiger partial charge in [-0.25, -0.2) is 13.2 Å². The lowest BCUT2D eigenvalue weighted by atomic mass is 10.4. The van der Waals surface area contributed by atoms with E-state index in [-0.39, 0.29) is 6.54 Å². The van der Waals surface area contributed by atoms with E-state index in [1.165, 1.54) is 0 Å². The molecule has 80 valence electrons. The molecular weight excluding hydrogens is 222 g/mol. The molecule has 1 aromatic heterocycles. The van der Waals surface area contributed by atoms with Gasteiger partial charge in [0.05, 0.1) is 12.7 Å². The Morgan fingerprint density at radius 3 is 2.93 bits per heavy atom. The third-order valence-electron chi connectivity index (χ3n) is 1.47. The second-order valence-corrected chi connectivity index (χ2v) is 4.15. The highest BCUT2D eigenvalue weighted by Crippen LogP contribution is 2.10. The normalized spacial score (nSPS) is 10.9. The minimum atomic E-state index is -3.95. The Bertz CT molecular complexity index is 511. The summed E-state index contributed by atoms with van der Waals surface area (Å²) in [5, 5.41) is 13.6. The van der Waals surface area contributed by atoms with Crippen LogP contribution in [0.25, 0.3) is 0 Å². The molecule has 0 saturated heterocycles. The van der Waals surface area contributed by atoms with Gasteiger partial charge in [0.15, 0.2) is 5.03 Å². The van der Waals surface area contributed by atoms with Crippen LogP contribution in [0, 0.1) is 12.3 Å². The maximum atomic E-state index is 11.4. The van der Waals surface area contributed by atoms with Crippen LogP contribution in [0.15, 0.2) is 11.2 Å². The predicted octanol–water partition coefficient (Wildman–Crippen LogP) is -0.981. The van der Waals surface area contributed by atoms with Crippen molar-refractivity contribution in [2.24, 2.45) is 0 Å². The molecule has 7 nitrogen and oxygen atoms in total. The summed E-state index contributed by atoms with van der Waals surface area (Å²) in [4.78, 5) is 10.6. The number of nitrogens with zero attached hydrogens (tertiary/aromatic N) is 1. The van der Waals surface area contributed by atoms with Crippen LogP contribution >= 0.6 is 0 Å². The molecule has 0 aliphatic carbocycles. The number of aromatic amines is 1. The first-order chi connectivity index (χ1) is 6.99. The Balaban J connectivity index is 3.11. The maximum absolute atomic E-state index is 11.4. The predicted molar refractivity (Wildman–Crippen MR) is 49.6 cm³/mol. The molecule has 0 fully saturated rings. The molecule has 3 N–H and O–H groups in total. The molecule has 1 aromatic rings. The van der Waals surface area contributed by atoms with Gasteiger partial charge in [0.2, 0.25) is 0 Å². The molecule has 15 heavy (non-hydrogen) atoms. The number of H-pyrrole nitrogens is 1. The van der Waals surface area contributed by atoms with Gasteiger partial charge in [0, 0.05) is 0 Å². The summed E-state index contributed by atoms with van der Waals surface area (Å²) in [6, 6.07) is 0. The zero-order valence-electron chi connectivity index (χ0n) is 7.39. The van der Waals surface area contributed by atoms with E-state index in [1.54, 1.807) is 0 Å². The van der Waals surface area contributed by atoms with Gasteiger partial charge in [0.1, 0.15) is 5.56 Å². The van der Waals surface area contributed by atoms with E-state index in [2.05, 4.69) is 16.1 Å². The summed E-state index contributed by atoms with van der Waals surface area (Å²) in [6.45, 7) is -0.222. The molecule has 0 aromatic carbocycles. The van der Waals surface area contributed by atoms with Crippen LogP contribution in [0.3, 0.4) is 0 Å². The van der Waals surface area contributed by atoms with E-state index < -0.39 is 26.6 Å². The van der Waals surface area contributed by atoms with Crippen molar-refractivity contribution in [3.63, 3.8) is 0 Å². The second-order valence-electron chi connectivity index (χ2n) is 2.45. The van der Waals surface area contributed by atoms with Gasteiger partial charge in [0.25, 0.3) is 10.0 Å². The summed E-state index contributed by atoms with van der Waals surface area (Å²) in [7, 11) is -3.95. The van der Waals surface area contributed by atoms with Gasteiger partial charge in [-0.1, -0.05) is 5.92 Å². The van der Waals surface area contributed by atoms with Crippen LogP contribution in [0.4, 0.5) is 0 Å². The van der Waals surface area contributed by atoms with E-state index in [0.29, 0.717) is 0 Å². The van der Waals surface area contributed by atoms with Crippen LogP contribution in [0.5, 0.6) is 0 Å². The fourth-order valence-electron chi connectivity index (χ4n) is 0.840. The average Bonchev–Trinajstić information content (AvgIpc) is 2.63. The lowest BCUT2D eigenvalue weighted by Gasteiger charge is -2.01. The smallest absolute Gasteiger partial charge is 0.340 e. The summed E-state index contributed by atoms with van der Waals surface area (Å²) in [6.07, 6.45) is 5.78. The fourth-order valence-corrected chi connectivity index (χ4v) is 1.86.